The van der Waals surface area contributed by atoms with E-state index in [1.165, 1.54) is 0 Å². The van der Waals surface area contributed by atoms with Crippen LogP contribution in [-0.2, 0) is 18.4 Å². The summed E-state index contributed by atoms with van der Waals surface area (Å²) < 4.78 is 7.46. The standard InChI is InChI=1S/C16H20N4O2/c1-11-12(10-19-20(11)2)9-18-16(21)15-13-5-3-4-6-14(13)22-8-7-17-15/h3-6,10,15,17H,7-9H2,1-2H3,(H,18,21). The molecule has 0 spiro atoms. The van der Waals surface area contributed by atoms with Gasteiger partial charge in [0.2, 0.25) is 5.91 Å². The molecule has 1 unspecified atom stereocenters. The summed E-state index contributed by atoms with van der Waals surface area (Å²) in [6, 6.07) is 7.26. The van der Waals surface area contributed by atoms with Crippen LogP contribution in [0.1, 0.15) is 22.9 Å². The first-order chi connectivity index (χ1) is 10.7. The highest BCUT2D eigenvalue weighted by Crippen LogP contribution is 2.27. The zero-order chi connectivity index (χ0) is 15.5. The molecule has 1 aliphatic heterocycles. The summed E-state index contributed by atoms with van der Waals surface area (Å²) in [7, 11) is 1.89. The smallest absolute Gasteiger partial charge is 0.242 e. The molecule has 2 aromatic rings. The van der Waals surface area contributed by atoms with E-state index in [4.69, 9.17) is 4.74 Å². The average molecular weight is 300 g/mol. The number of carbonyl (C=O) groups is 1. The van der Waals surface area contributed by atoms with Crippen LogP contribution in [0, 0.1) is 6.92 Å². The number of hydrogen-bond donors (Lipinski definition) is 2. The van der Waals surface area contributed by atoms with Crippen LogP contribution in [0.3, 0.4) is 0 Å². The van der Waals surface area contributed by atoms with Gasteiger partial charge in [0.15, 0.2) is 0 Å². The number of para-hydroxylation sites is 1. The molecule has 3 rings (SSSR count). The predicted molar refractivity (Wildman–Crippen MR) is 82.5 cm³/mol. The van der Waals surface area contributed by atoms with Crippen LogP contribution >= 0.6 is 0 Å². The quantitative estimate of drug-likeness (QED) is 0.890. The second kappa shape index (κ2) is 6.19. The van der Waals surface area contributed by atoms with E-state index in [-0.39, 0.29) is 5.91 Å². The van der Waals surface area contributed by atoms with Gasteiger partial charge in [0.1, 0.15) is 18.4 Å². The third-order valence-electron chi connectivity index (χ3n) is 3.99. The molecule has 6 nitrogen and oxygen atoms in total. The SMILES string of the molecule is Cc1c(CNC(=O)C2NCCOc3ccccc32)cnn1C. The Balaban J connectivity index is 1.73. The number of rotatable bonds is 3. The molecule has 1 aromatic carbocycles. The van der Waals surface area contributed by atoms with Crippen molar-refractivity contribution in [3.8, 4) is 5.75 Å². The molecular weight excluding hydrogens is 280 g/mol. The van der Waals surface area contributed by atoms with Crippen LogP contribution < -0.4 is 15.4 Å². The minimum atomic E-state index is -0.393. The van der Waals surface area contributed by atoms with Crippen LogP contribution in [0.15, 0.2) is 30.5 Å². The summed E-state index contributed by atoms with van der Waals surface area (Å²) in [5, 5.41) is 10.4. The number of nitrogens with zero attached hydrogens (tertiary/aromatic N) is 2. The van der Waals surface area contributed by atoms with Crippen LogP contribution in [-0.4, -0.2) is 28.8 Å². The molecule has 0 saturated heterocycles. The first-order valence-electron chi connectivity index (χ1n) is 7.37. The fourth-order valence-corrected chi connectivity index (χ4v) is 2.56. The van der Waals surface area contributed by atoms with Gasteiger partial charge >= 0.3 is 0 Å². The van der Waals surface area contributed by atoms with E-state index in [0.29, 0.717) is 19.7 Å². The topological polar surface area (TPSA) is 68.2 Å². The number of aromatic nitrogens is 2. The highest BCUT2D eigenvalue weighted by atomic mass is 16.5. The Morgan fingerprint density at radius 1 is 1.50 bits per heavy atom. The summed E-state index contributed by atoms with van der Waals surface area (Å²) in [5.41, 5.74) is 2.95. The van der Waals surface area contributed by atoms with Crippen molar-refractivity contribution in [2.45, 2.75) is 19.5 Å². The molecule has 1 aromatic heterocycles. The summed E-state index contributed by atoms with van der Waals surface area (Å²) in [5.74, 6) is 0.714. The average Bonchev–Trinajstić information content (AvgIpc) is 2.75. The maximum absolute atomic E-state index is 12.5. The Bertz CT molecular complexity index is 681. The van der Waals surface area contributed by atoms with Gasteiger partial charge in [-0.2, -0.15) is 5.10 Å². The minimum Gasteiger partial charge on any atom is -0.492 e. The van der Waals surface area contributed by atoms with Gasteiger partial charge in [-0.15, -0.1) is 0 Å². The molecule has 2 N–H and O–H groups in total. The molecular formula is C16H20N4O2. The molecule has 0 fully saturated rings. The number of nitrogens with one attached hydrogen (secondary N) is 2. The largest absolute Gasteiger partial charge is 0.492 e. The Kier molecular flexibility index (Phi) is 4.11. The Morgan fingerprint density at radius 3 is 3.09 bits per heavy atom. The molecule has 0 bridgehead atoms. The number of amides is 1. The van der Waals surface area contributed by atoms with E-state index in [2.05, 4.69) is 15.7 Å². The van der Waals surface area contributed by atoms with Crippen LogP contribution in [0.25, 0.3) is 0 Å². The predicted octanol–water partition coefficient (Wildman–Crippen LogP) is 1.07. The molecule has 0 radical (unpaired) electrons. The molecule has 116 valence electrons. The molecule has 1 amide bonds. The number of aryl methyl sites for hydroxylation is 1. The number of carbonyl (C=O) groups excluding carboxylic acids is 1. The minimum absolute atomic E-state index is 0.0544. The van der Waals surface area contributed by atoms with E-state index in [1.54, 1.807) is 10.9 Å². The van der Waals surface area contributed by atoms with Crippen molar-refractivity contribution in [2.24, 2.45) is 7.05 Å². The van der Waals surface area contributed by atoms with Gasteiger partial charge in [0.05, 0.1) is 6.20 Å². The van der Waals surface area contributed by atoms with E-state index >= 15 is 0 Å². The maximum Gasteiger partial charge on any atom is 0.242 e. The molecule has 1 atom stereocenters. The highest BCUT2D eigenvalue weighted by Gasteiger charge is 2.25. The molecule has 6 heteroatoms. The van der Waals surface area contributed by atoms with Gasteiger partial charge in [-0.05, 0) is 13.0 Å². The second-order valence-electron chi connectivity index (χ2n) is 5.37. The number of fused-ring (bicyclic) bond motifs is 1. The van der Waals surface area contributed by atoms with Crippen LogP contribution in [0.4, 0.5) is 0 Å². The van der Waals surface area contributed by atoms with Crippen molar-refractivity contribution in [1.82, 2.24) is 20.4 Å². The second-order valence-corrected chi connectivity index (χ2v) is 5.37. The number of hydrogen-bond acceptors (Lipinski definition) is 4. The third-order valence-corrected chi connectivity index (χ3v) is 3.99. The van der Waals surface area contributed by atoms with Gasteiger partial charge < -0.3 is 10.1 Å². The lowest BCUT2D eigenvalue weighted by atomic mass is 10.1. The Morgan fingerprint density at radius 2 is 2.32 bits per heavy atom. The highest BCUT2D eigenvalue weighted by molar-refractivity contribution is 5.84. The Hall–Kier alpha value is -2.34. The lowest BCUT2D eigenvalue weighted by Gasteiger charge is -2.17. The molecule has 2 heterocycles. The van der Waals surface area contributed by atoms with Gasteiger partial charge in [0.25, 0.3) is 0 Å². The fraction of sp³-hybridized carbons (Fsp3) is 0.375. The van der Waals surface area contributed by atoms with Crippen molar-refractivity contribution in [1.29, 1.82) is 0 Å². The van der Waals surface area contributed by atoms with Crippen LogP contribution in [0.2, 0.25) is 0 Å². The van der Waals surface area contributed by atoms with Crippen molar-refractivity contribution in [3.63, 3.8) is 0 Å². The zero-order valence-electron chi connectivity index (χ0n) is 12.8. The molecule has 22 heavy (non-hydrogen) atoms. The lowest BCUT2D eigenvalue weighted by Crippen LogP contribution is -2.37. The van der Waals surface area contributed by atoms with Crippen molar-refractivity contribution in [2.75, 3.05) is 13.2 Å². The van der Waals surface area contributed by atoms with Gasteiger partial charge in [-0.25, -0.2) is 0 Å². The van der Waals surface area contributed by atoms with Crippen LogP contribution in [0.5, 0.6) is 5.75 Å². The van der Waals surface area contributed by atoms with Crippen molar-refractivity contribution in [3.05, 3.63) is 47.3 Å². The molecule has 0 saturated carbocycles. The Labute approximate surface area is 129 Å². The van der Waals surface area contributed by atoms with Gasteiger partial charge in [0, 0.05) is 37.0 Å². The van der Waals surface area contributed by atoms with E-state index in [0.717, 1.165) is 22.6 Å². The van der Waals surface area contributed by atoms with Gasteiger partial charge in [-0.3, -0.25) is 14.8 Å². The first-order valence-corrected chi connectivity index (χ1v) is 7.37. The van der Waals surface area contributed by atoms with E-state index < -0.39 is 6.04 Å². The lowest BCUT2D eigenvalue weighted by molar-refractivity contribution is -0.123. The summed E-state index contributed by atoms with van der Waals surface area (Å²) in [6.45, 7) is 3.66. The van der Waals surface area contributed by atoms with Crippen molar-refractivity contribution >= 4 is 5.91 Å². The normalized spacial score (nSPS) is 17.3. The third kappa shape index (κ3) is 2.82. The van der Waals surface area contributed by atoms with E-state index in [1.807, 2.05) is 38.2 Å². The number of benzene rings is 1. The number of ether oxygens (including phenoxy) is 1. The van der Waals surface area contributed by atoms with E-state index in [9.17, 15) is 4.79 Å². The maximum atomic E-state index is 12.5. The fourth-order valence-electron chi connectivity index (χ4n) is 2.56. The van der Waals surface area contributed by atoms with Crippen molar-refractivity contribution < 1.29 is 9.53 Å². The summed E-state index contributed by atoms with van der Waals surface area (Å²) in [6.07, 6.45) is 1.78. The first kappa shape index (κ1) is 14.6. The molecule has 0 aliphatic carbocycles. The summed E-state index contributed by atoms with van der Waals surface area (Å²) >= 11 is 0. The molecule has 1 aliphatic rings. The monoisotopic (exact) mass is 300 g/mol. The summed E-state index contributed by atoms with van der Waals surface area (Å²) in [4.78, 5) is 12.5. The van der Waals surface area contributed by atoms with Gasteiger partial charge in [-0.1, -0.05) is 18.2 Å². The zero-order valence-corrected chi connectivity index (χ0v) is 12.8.